The highest BCUT2D eigenvalue weighted by Gasteiger charge is 2.27. The molecule has 1 N–H and O–H groups in total. The van der Waals surface area contributed by atoms with Gasteiger partial charge in [-0.15, -0.1) is 0 Å². The van der Waals surface area contributed by atoms with Crippen LogP contribution in [0.5, 0.6) is 0 Å². The number of benzene rings is 3. The largest absolute Gasteiger partial charge is 0.241 e. The van der Waals surface area contributed by atoms with Gasteiger partial charge in [-0.2, -0.15) is 4.40 Å². The lowest BCUT2D eigenvalue weighted by molar-refractivity contribution is 0.560. The normalized spacial score (nSPS) is 14.6. The molecule has 0 saturated heterocycles. The van der Waals surface area contributed by atoms with E-state index in [-0.39, 0.29) is 11.3 Å². The van der Waals surface area contributed by atoms with E-state index in [0.717, 1.165) is 21.2 Å². The predicted octanol–water partition coefficient (Wildman–Crippen LogP) is 6.12. The molecule has 180 valence electrons. The van der Waals surface area contributed by atoms with Crippen molar-refractivity contribution in [3.8, 4) is 0 Å². The Balaban J connectivity index is 2.08. The van der Waals surface area contributed by atoms with Crippen LogP contribution in [0, 0.1) is 6.92 Å². The topological polar surface area (TPSA) is 75.6 Å². The van der Waals surface area contributed by atoms with Crippen LogP contribution >= 0.6 is 15.9 Å². The summed E-state index contributed by atoms with van der Waals surface area (Å²) in [5.41, 5.74) is 3.11. The molecular formula is C26H29BrN2O3S2. The van der Waals surface area contributed by atoms with Crippen molar-refractivity contribution in [1.82, 2.24) is 4.72 Å². The zero-order valence-corrected chi connectivity index (χ0v) is 22.9. The summed E-state index contributed by atoms with van der Waals surface area (Å²) < 4.78 is 47.2. The molecule has 0 aliphatic carbocycles. The molecule has 3 aromatic carbocycles. The number of rotatable bonds is 8. The van der Waals surface area contributed by atoms with Crippen molar-refractivity contribution >= 4 is 42.7 Å². The third kappa shape index (κ3) is 6.95. The second kappa shape index (κ2) is 11.1. The molecule has 3 aromatic rings. The minimum absolute atomic E-state index is 0.187. The van der Waals surface area contributed by atoms with Crippen LogP contribution in [0.15, 0.2) is 92.6 Å². The van der Waals surface area contributed by atoms with Crippen molar-refractivity contribution in [2.45, 2.75) is 49.8 Å². The van der Waals surface area contributed by atoms with Crippen LogP contribution in [-0.2, 0) is 21.0 Å². The Hall–Kier alpha value is -2.13. The van der Waals surface area contributed by atoms with Gasteiger partial charge in [0.1, 0.15) is 11.0 Å². The predicted molar refractivity (Wildman–Crippen MR) is 144 cm³/mol. The zero-order valence-electron chi connectivity index (χ0n) is 19.7. The summed E-state index contributed by atoms with van der Waals surface area (Å²) in [7, 11) is -5.34. The van der Waals surface area contributed by atoms with E-state index < -0.39 is 31.8 Å². The second-order valence-corrected chi connectivity index (χ2v) is 13.5. The SMILES string of the molecule is Cc1ccc(S(=O)(=O)N[C@@H](C/C(=N\[S@](=O)C(C)(C)C)c2ccccc2)c2ccccc2Br)cc1. The van der Waals surface area contributed by atoms with E-state index >= 15 is 0 Å². The summed E-state index contributed by atoms with van der Waals surface area (Å²) in [5, 5.41) is 0. The van der Waals surface area contributed by atoms with Gasteiger partial charge in [-0.25, -0.2) is 17.3 Å². The smallest absolute Gasteiger partial charge is 0.234 e. The monoisotopic (exact) mass is 560 g/mol. The molecule has 0 unspecified atom stereocenters. The van der Waals surface area contributed by atoms with Gasteiger partial charge in [0.2, 0.25) is 10.0 Å². The van der Waals surface area contributed by atoms with Gasteiger partial charge in [0.05, 0.1) is 21.4 Å². The van der Waals surface area contributed by atoms with Crippen molar-refractivity contribution in [3.05, 3.63) is 100 Å². The molecule has 0 aliphatic rings. The number of hydrogen-bond acceptors (Lipinski definition) is 3. The summed E-state index contributed by atoms with van der Waals surface area (Å²) in [6.07, 6.45) is 0.222. The molecule has 8 heteroatoms. The zero-order chi connectivity index (χ0) is 24.9. The van der Waals surface area contributed by atoms with Gasteiger partial charge in [0.15, 0.2) is 0 Å². The second-order valence-electron chi connectivity index (χ2n) is 8.98. The first-order chi connectivity index (χ1) is 16.0. The molecule has 0 spiro atoms. The molecule has 0 amide bonds. The van der Waals surface area contributed by atoms with E-state index in [4.69, 9.17) is 0 Å². The van der Waals surface area contributed by atoms with Crippen molar-refractivity contribution in [3.63, 3.8) is 0 Å². The molecule has 0 aliphatic heterocycles. The third-order valence-corrected chi connectivity index (χ3v) is 8.77. The average molecular weight is 562 g/mol. The van der Waals surface area contributed by atoms with Gasteiger partial charge in [0, 0.05) is 10.9 Å². The Kier molecular flexibility index (Phi) is 8.62. The van der Waals surface area contributed by atoms with Gasteiger partial charge < -0.3 is 0 Å². The first kappa shape index (κ1) is 26.5. The fourth-order valence-corrected chi connectivity index (χ4v) is 5.64. The molecule has 3 rings (SSSR count). The van der Waals surface area contributed by atoms with Crippen LogP contribution < -0.4 is 4.72 Å². The molecule has 0 fully saturated rings. The summed E-state index contributed by atoms with van der Waals surface area (Å²) in [6, 6.07) is 23.0. The molecule has 0 heterocycles. The van der Waals surface area contributed by atoms with Gasteiger partial charge in [-0.1, -0.05) is 82.2 Å². The van der Waals surface area contributed by atoms with Crippen molar-refractivity contribution in [2.75, 3.05) is 0 Å². The number of nitrogens with zero attached hydrogens (tertiary/aromatic N) is 1. The van der Waals surface area contributed by atoms with Gasteiger partial charge in [0.25, 0.3) is 0 Å². The molecule has 0 bridgehead atoms. The lowest BCUT2D eigenvalue weighted by atomic mass is 9.98. The Bertz CT molecular complexity index is 1280. The summed E-state index contributed by atoms with van der Waals surface area (Å²) in [5.74, 6) is 0. The van der Waals surface area contributed by atoms with E-state index in [1.54, 1.807) is 24.3 Å². The first-order valence-corrected chi connectivity index (χ1v) is 14.2. The fourth-order valence-electron chi connectivity index (χ4n) is 3.21. The Labute approximate surface area is 213 Å². The van der Waals surface area contributed by atoms with E-state index in [2.05, 4.69) is 25.0 Å². The minimum Gasteiger partial charge on any atom is -0.234 e. The quantitative estimate of drug-likeness (QED) is 0.337. The van der Waals surface area contributed by atoms with Gasteiger partial charge in [-0.3, -0.25) is 0 Å². The Morgan fingerprint density at radius 2 is 1.56 bits per heavy atom. The standard InChI is InChI=1S/C26H29BrN2O3S2/c1-19-14-16-21(17-15-19)34(31,32)29-25(22-12-8-9-13-23(22)27)18-24(20-10-6-5-7-11-20)28-33(30)26(2,3)4/h5-17,25,29H,18H2,1-4H3/b28-24+/t25-,33+/m0/s1. The maximum atomic E-state index is 13.3. The molecule has 5 nitrogen and oxygen atoms in total. The van der Waals surface area contributed by atoms with Crippen molar-refractivity contribution in [1.29, 1.82) is 0 Å². The van der Waals surface area contributed by atoms with Gasteiger partial charge in [-0.05, 0) is 57.0 Å². The average Bonchev–Trinajstić information content (AvgIpc) is 2.78. The van der Waals surface area contributed by atoms with Crippen LogP contribution in [0.3, 0.4) is 0 Å². The molecular weight excluding hydrogens is 532 g/mol. The van der Waals surface area contributed by atoms with Crippen molar-refractivity contribution in [2.24, 2.45) is 4.40 Å². The maximum Gasteiger partial charge on any atom is 0.241 e. The minimum atomic E-state index is -3.83. The summed E-state index contributed by atoms with van der Waals surface area (Å²) in [6.45, 7) is 7.49. The lowest BCUT2D eigenvalue weighted by Crippen LogP contribution is -2.31. The van der Waals surface area contributed by atoms with Crippen LogP contribution in [0.4, 0.5) is 0 Å². The van der Waals surface area contributed by atoms with Gasteiger partial charge >= 0.3 is 0 Å². The van der Waals surface area contributed by atoms with Crippen LogP contribution in [0.25, 0.3) is 0 Å². The highest BCUT2D eigenvalue weighted by Crippen LogP contribution is 2.29. The third-order valence-electron chi connectivity index (χ3n) is 5.13. The molecule has 34 heavy (non-hydrogen) atoms. The molecule has 0 aromatic heterocycles. The van der Waals surface area contributed by atoms with E-state index in [1.165, 1.54) is 0 Å². The van der Waals surface area contributed by atoms with E-state index in [0.29, 0.717) is 5.71 Å². The molecule has 2 atom stereocenters. The molecule has 0 saturated carbocycles. The van der Waals surface area contributed by atoms with Crippen molar-refractivity contribution < 1.29 is 12.6 Å². The number of nitrogens with one attached hydrogen (secondary N) is 1. The first-order valence-electron chi connectivity index (χ1n) is 10.9. The number of aryl methyl sites for hydroxylation is 1. The Morgan fingerprint density at radius 3 is 2.15 bits per heavy atom. The number of halogens is 1. The van der Waals surface area contributed by atoms with Crippen LogP contribution in [-0.4, -0.2) is 23.1 Å². The highest BCUT2D eigenvalue weighted by molar-refractivity contribution is 9.10. The molecule has 0 radical (unpaired) electrons. The number of hydrogen-bond donors (Lipinski definition) is 1. The van der Waals surface area contributed by atoms with Crippen LogP contribution in [0.2, 0.25) is 0 Å². The van der Waals surface area contributed by atoms with E-state index in [1.807, 2.05) is 82.3 Å². The number of sulfonamides is 1. The summed E-state index contributed by atoms with van der Waals surface area (Å²) >= 11 is 3.56. The lowest BCUT2D eigenvalue weighted by Gasteiger charge is -2.22. The van der Waals surface area contributed by atoms with Crippen LogP contribution in [0.1, 0.15) is 49.9 Å². The van der Waals surface area contributed by atoms with E-state index in [9.17, 15) is 12.6 Å². The summed E-state index contributed by atoms with van der Waals surface area (Å²) in [4.78, 5) is 0.187. The maximum absolute atomic E-state index is 13.3. The Morgan fingerprint density at radius 1 is 0.971 bits per heavy atom. The fraction of sp³-hybridized carbons (Fsp3) is 0.269. The highest BCUT2D eigenvalue weighted by atomic mass is 79.9.